The molecule has 3 N–H and O–H groups in total. The number of carbonyl (C=O) groups excluding carboxylic acids is 1. The van der Waals surface area contributed by atoms with E-state index in [9.17, 15) is 4.79 Å². The van der Waals surface area contributed by atoms with Crippen LogP contribution in [0.4, 0.5) is 5.69 Å². The molecule has 0 spiro atoms. The zero-order valence-corrected chi connectivity index (χ0v) is 12.1. The molecule has 0 aromatic heterocycles. The fourth-order valence-corrected chi connectivity index (χ4v) is 2.56. The molecule has 100 valence electrons. The minimum absolute atomic E-state index is 0.0805. The second-order valence-corrected chi connectivity index (χ2v) is 5.70. The van der Waals surface area contributed by atoms with Gasteiger partial charge in [0.25, 0.3) is 0 Å². The third-order valence-electron chi connectivity index (χ3n) is 2.92. The van der Waals surface area contributed by atoms with Gasteiger partial charge >= 0.3 is 0 Å². The van der Waals surface area contributed by atoms with E-state index < -0.39 is 0 Å². The number of carbonyl (C=O) groups is 1. The van der Waals surface area contributed by atoms with Gasteiger partial charge in [0.05, 0.1) is 5.25 Å². The van der Waals surface area contributed by atoms with Crippen molar-refractivity contribution in [3.8, 4) is 0 Å². The molecule has 1 atom stereocenters. The smallest absolute Gasteiger partial charge is 0.233 e. The molecule has 0 aliphatic carbocycles. The molecular formula is C14H22N2OS. The van der Waals surface area contributed by atoms with Crippen molar-refractivity contribution in [2.45, 2.75) is 49.8 Å². The molecule has 1 aromatic rings. The Morgan fingerprint density at radius 1 is 1.33 bits per heavy atom. The van der Waals surface area contributed by atoms with Crippen LogP contribution in [0.15, 0.2) is 29.2 Å². The molecule has 3 nitrogen and oxygen atoms in total. The summed E-state index contributed by atoms with van der Waals surface area (Å²) in [5, 5.41) is 2.93. The summed E-state index contributed by atoms with van der Waals surface area (Å²) in [7, 11) is 0. The lowest BCUT2D eigenvalue weighted by molar-refractivity contribution is -0.121. The van der Waals surface area contributed by atoms with Gasteiger partial charge in [-0.2, -0.15) is 0 Å². The van der Waals surface area contributed by atoms with E-state index in [-0.39, 0.29) is 17.2 Å². The SMILES string of the molecule is CCC(CC)NC(=O)C(C)Sc1ccccc1N. The number of para-hydroxylation sites is 1. The number of rotatable bonds is 6. The number of amides is 1. The van der Waals surface area contributed by atoms with E-state index in [2.05, 4.69) is 19.2 Å². The fraction of sp³-hybridized carbons (Fsp3) is 0.500. The maximum atomic E-state index is 12.0. The summed E-state index contributed by atoms with van der Waals surface area (Å²) in [4.78, 5) is 13.0. The summed E-state index contributed by atoms with van der Waals surface area (Å²) >= 11 is 1.50. The third kappa shape index (κ3) is 4.26. The molecule has 1 aromatic carbocycles. The molecule has 0 aliphatic rings. The van der Waals surface area contributed by atoms with E-state index in [0.717, 1.165) is 23.4 Å². The highest BCUT2D eigenvalue weighted by atomic mass is 32.2. The van der Waals surface area contributed by atoms with Gasteiger partial charge in [-0.15, -0.1) is 11.8 Å². The number of nitrogen functional groups attached to an aromatic ring is 1. The van der Waals surface area contributed by atoms with Crippen LogP contribution in [0.2, 0.25) is 0 Å². The second kappa shape index (κ2) is 7.31. The van der Waals surface area contributed by atoms with Crippen molar-refractivity contribution in [3.05, 3.63) is 24.3 Å². The highest BCUT2D eigenvalue weighted by Gasteiger charge is 2.17. The minimum atomic E-state index is -0.129. The van der Waals surface area contributed by atoms with Crippen LogP contribution in [0.5, 0.6) is 0 Å². The molecule has 0 fully saturated rings. The van der Waals surface area contributed by atoms with E-state index in [4.69, 9.17) is 5.73 Å². The van der Waals surface area contributed by atoms with Crippen molar-refractivity contribution in [2.24, 2.45) is 0 Å². The average Bonchev–Trinajstić information content (AvgIpc) is 2.38. The largest absolute Gasteiger partial charge is 0.398 e. The normalized spacial score (nSPS) is 12.4. The Balaban J connectivity index is 2.57. The number of nitrogens with two attached hydrogens (primary N) is 1. The molecule has 18 heavy (non-hydrogen) atoms. The van der Waals surface area contributed by atoms with Gasteiger partial charge in [0.15, 0.2) is 0 Å². The Morgan fingerprint density at radius 2 is 1.94 bits per heavy atom. The van der Waals surface area contributed by atoms with Crippen LogP contribution in [0.3, 0.4) is 0 Å². The Hall–Kier alpha value is -1.16. The number of anilines is 1. The highest BCUT2D eigenvalue weighted by molar-refractivity contribution is 8.00. The number of thioether (sulfide) groups is 1. The maximum Gasteiger partial charge on any atom is 0.233 e. The molecule has 0 heterocycles. The van der Waals surface area contributed by atoms with E-state index in [1.165, 1.54) is 11.8 Å². The van der Waals surface area contributed by atoms with E-state index >= 15 is 0 Å². The van der Waals surface area contributed by atoms with Gasteiger partial charge in [-0.05, 0) is 31.9 Å². The lowest BCUT2D eigenvalue weighted by Crippen LogP contribution is -2.38. The first-order valence-corrected chi connectivity index (χ1v) is 7.28. The lowest BCUT2D eigenvalue weighted by Gasteiger charge is -2.18. The summed E-state index contributed by atoms with van der Waals surface area (Å²) in [5.74, 6) is 0.0805. The second-order valence-electron chi connectivity index (χ2n) is 4.32. The molecule has 0 radical (unpaired) electrons. The monoisotopic (exact) mass is 266 g/mol. The molecule has 1 rings (SSSR count). The predicted octanol–water partition coefficient (Wildman–Crippen LogP) is 3.05. The Bertz CT molecular complexity index is 391. The van der Waals surface area contributed by atoms with Crippen molar-refractivity contribution in [1.29, 1.82) is 0 Å². The van der Waals surface area contributed by atoms with Crippen LogP contribution in [0.25, 0.3) is 0 Å². The van der Waals surface area contributed by atoms with Crippen LogP contribution >= 0.6 is 11.8 Å². The van der Waals surface area contributed by atoms with Crippen LogP contribution in [0, 0.1) is 0 Å². The summed E-state index contributed by atoms with van der Waals surface area (Å²) in [5.41, 5.74) is 6.60. The first-order valence-electron chi connectivity index (χ1n) is 6.40. The summed E-state index contributed by atoms with van der Waals surface area (Å²) < 4.78 is 0. The standard InChI is InChI=1S/C14H22N2OS/c1-4-11(5-2)16-14(17)10(3)18-13-9-7-6-8-12(13)15/h6-11H,4-5,15H2,1-3H3,(H,16,17). The number of nitrogens with one attached hydrogen (secondary N) is 1. The predicted molar refractivity (Wildman–Crippen MR) is 78.7 cm³/mol. The Kier molecular flexibility index (Phi) is 6.05. The van der Waals surface area contributed by atoms with E-state index in [1.54, 1.807) is 0 Å². The molecule has 0 aliphatic heterocycles. The van der Waals surface area contributed by atoms with Gasteiger partial charge in [0.2, 0.25) is 5.91 Å². The van der Waals surface area contributed by atoms with Crippen molar-refractivity contribution >= 4 is 23.4 Å². The van der Waals surface area contributed by atoms with Crippen molar-refractivity contribution in [3.63, 3.8) is 0 Å². The quantitative estimate of drug-likeness (QED) is 0.614. The zero-order valence-electron chi connectivity index (χ0n) is 11.3. The molecule has 4 heteroatoms. The summed E-state index contributed by atoms with van der Waals surface area (Å²) in [6, 6.07) is 7.90. The van der Waals surface area contributed by atoms with Crippen LogP contribution in [0.1, 0.15) is 33.6 Å². The van der Waals surface area contributed by atoms with Gasteiger partial charge in [0.1, 0.15) is 0 Å². The average molecular weight is 266 g/mol. The summed E-state index contributed by atoms with van der Waals surface area (Å²) in [6.07, 6.45) is 1.93. The van der Waals surface area contributed by atoms with Crippen molar-refractivity contribution < 1.29 is 4.79 Å². The number of benzene rings is 1. The fourth-order valence-electron chi connectivity index (χ4n) is 1.64. The Morgan fingerprint density at radius 3 is 2.50 bits per heavy atom. The molecule has 1 unspecified atom stereocenters. The molecular weight excluding hydrogens is 244 g/mol. The van der Waals surface area contributed by atoms with E-state index in [0.29, 0.717) is 0 Å². The molecule has 0 bridgehead atoms. The highest BCUT2D eigenvalue weighted by Crippen LogP contribution is 2.28. The zero-order chi connectivity index (χ0) is 13.5. The maximum absolute atomic E-state index is 12.0. The van der Waals surface area contributed by atoms with Crippen LogP contribution in [-0.2, 0) is 4.79 Å². The number of hydrogen-bond acceptors (Lipinski definition) is 3. The number of hydrogen-bond donors (Lipinski definition) is 2. The van der Waals surface area contributed by atoms with Crippen LogP contribution in [-0.4, -0.2) is 17.2 Å². The van der Waals surface area contributed by atoms with E-state index in [1.807, 2.05) is 31.2 Å². The lowest BCUT2D eigenvalue weighted by atomic mass is 10.2. The molecule has 0 saturated heterocycles. The first-order chi connectivity index (χ1) is 8.58. The molecule has 1 amide bonds. The summed E-state index contributed by atoms with van der Waals surface area (Å²) in [6.45, 7) is 6.08. The Labute approximate surface area is 114 Å². The third-order valence-corrected chi connectivity index (χ3v) is 4.12. The van der Waals surface area contributed by atoms with Crippen LogP contribution < -0.4 is 11.1 Å². The van der Waals surface area contributed by atoms with Gasteiger partial charge < -0.3 is 11.1 Å². The van der Waals surface area contributed by atoms with Crippen molar-refractivity contribution in [1.82, 2.24) is 5.32 Å². The van der Waals surface area contributed by atoms with Gasteiger partial charge in [-0.3, -0.25) is 4.79 Å². The van der Waals surface area contributed by atoms with Gasteiger partial charge in [0, 0.05) is 16.6 Å². The topological polar surface area (TPSA) is 55.1 Å². The minimum Gasteiger partial charge on any atom is -0.398 e. The van der Waals surface area contributed by atoms with Crippen molar-refractivity contribution in [2.75, 3.05) is 5.73 Å². The van der Waals surface area contributed by atoms with Gasteiger partial charge in [-0.1, -0.05) is 26.0 Å². The van der Waals surface area contributed by atoms with Gasteiger partial charge in [-0.25, -0.2) is 0 Å². The molecule has 0 saturated carbocycles. The first kappa shape index (κ1) is 14.9.